The molecule has 27 heavy (non-hydrogen) atoms. The second-order valence-electron chi connectivity index (χ2n) is 6.68. The molecule has 2 aromatic heterocycles. The van der Waals surface area contributed by atoms with Crippen LogP contribution in [0.1, 0.15) is 29.5 Å². The zero-order chi connectivity index (χ0) is 19.4. The Balaban J connectivity index is 1.61. The van der Waals surface area contributed by atoms with Crippen molar-refractivity contribution >= 4 is 22.9 Å². The normalized spacial score (nSPS) is 10.8. The van der Waals surface area contributed by atoms with Crippen molar-refractivity contribution in [3.8, 4) is 10.6 Å². The number of aromatic nitrogens is 2. The molecule has 0 saturated carbocycles. The summed E-state index contributed by atoms with van der Waals surface area (Å²) in [6.45, 7) is 6.45. The van der Waals surface area contributed by atoms with Crippen LogP contribution in [0.25, 0.3) is 10.6 Å². The van der Waals surface area contributed by atoms with E-state index in [2.05, 4.69) is 22.5 Å². The SMILES string of the molecule is Cc1cc(C)c(NC(=O)CCCn2nc(-c3cccs3)ccc2=O)c(C)c1. The first-order valence-electron chi connectivity index (χ1n) is 8.94. The summed E-state index contributed by atoms with van der Waals surface area (Å²) in [5, 5.41) is 9.39. The highest BCUT2D eigenvalue weighted by Gasteiger charge is 2.09. The van der Waals surface area contributed by atoms with Gasteiger partial charge in [-0.25, -0.2) is 4.68 Å². The van der Waals surface area contributed by atoms with Gasteiger partial charge in [-0.3, -0.25) is 9.59 Å². The fourth-order valence-electron chi connectivity index (χ4n) is 3.13. The molecule has 0 unspecified atom stereocenters. The van der Waals surface area contributed by atoms with Crippen molar-refractivity contribution in [2.75, 3.05) is 5.32 Å². The third-order valence-corrected chi connectivity index (χ3v) is 5.25. The van der Waals surface area contributed by atoms with E-state index in [0.29, 0.717) is 19.4 Å². The first-order valence-corrected chi connectivity index (χ1v) is 9.82. The minimum absolute atomic E-state index is 0.0486. The van der Waals surface area contributed by atoms with Gasteiger partial charge in [0.05, 0.1) is 4.88 Å². The number of anilines is 1. The molecular formula is C21H23N3O2S. The number of hydrogen-bond acceptors (Lipinski definition) is 4. The Kier molecular flexibility index (Phi) is 5.86. The molecule has 5 nitrogen and oxygen atoms in total. The van der Waals surface area contributed by atoms with Gasteiger partial charge in [-0.1, -0.05) is 23.8 Å². The molecule has 0 aliphatic rings. The Morgan fingerprint density at radius 3 is 2.56 bits per heavy atom. The first-order chi connectivity index (χ1) is 12.9. The minimum Gasteiger partial charge on any atom is -0.326 e. The summed E-state index contributed by atoms with van der Waals surface area (Å²) in [6.07, 6.45) is 0.890. The number of amides is 1. The number of carbonyl (C=O) groups is 1. The number of nitrogens with one attached hydrogen (secondary N) is 1. The number of benzene rings is 1. The Hall–Kier alpha value is -2.73. The monoisotopic (exact) mass is 381 g/mol. The number of nitrogens with zero attached hydrogens (tertiary/aromatic N) is 2. The second-order valence-corrected chi connectivity index (χ2v) is 7.63. The maximum absolute atomic E-state index is 12.3. The maximum atomic E-state index is 12.3. The van der Waals surface area contributed by atoms with Crippen LogP contribution in [0.2, 0.25) is 0 Å². The molecule has 0 atom stereocenters. The van der Waals surface area contributed by atoms with Crippen molar-refractivity contribution in [2.24, 2.45) is 0 Å². The van der Waals surface area contributed by atoms with Gasteiger partial charge in [0, 0.05) is 24.7 Å². The number of hydrogen-bond donors (Lipinski definition) is 1. The second kappa shape index (κ2) is 8.31. The van der Waals surface area contributed by atoms with E-state index in [0.717, 1.165) is 27.4 Å². The molecule has 3 aromatic rings. The van der Waals surface area contributed by atoms with Gasteiger partial charge >= 0.3 is 0 Å². The van der Waals surface area contributed by atoms with Crippen LogP contribution in [0.4, 0.5) is 5.69 Å². The van der Waals surface area contributed by atoms with Crippen molar-refractivity contribution in [3.05, 3.63) is 68.8 Å². The Labute approximate surface area is 162 Å². The van der Waals surface area contributed by atoms with Crippen molar-refractivity contribution in [2.45, 2.75) is 40.2 Å². The molecule has 0 aliphatic carbocycles. The third kappa shape index (κ3) is 4.71. The van der Waals surface area contributed by atoms with E-state index in [1.54, 1.807) is 17.4 Å². The van der Waals surface area contributed by atoms with Gasteiger partial charge in [0.15, 0.2) is 0 Å². The molecule has 2 heterocycles. The number of rotatable bonds is 6. The Morgan fingerprint density at radius 1 is 1.15 bits per heavy atom. The highest BCUT2D eigenvalue weighted by atomic mass is 32.1. The lowest BCUT2D eigenvalue weighted by atomic mass is 10.0. The van der Waals surface area contributed by atoms with Crippen LogP contribution in [0.5, 0.6) is 0 Å². The van der Waals surface area contributed by atoms with Crippen LogP contribution >= 0.6 is 11.3 Å². The smallest absolute Gasteiger partial charge is 0.266 e. The van der Waals surface area contributed by atoms with E-state index < -0.39 is 0 Å². The average Bonchev–Trinajstić information content (AvgIpc) is 3.14. The highest BCUT2D eigenvalue weighted by molar-refractivity contribution is 7.13. The van der Waals surface area contributed by atoms with E-state index in [4.69, 9.17) is 0 Å². The van der Waals surface area contributed by atoms with Crippen LogP contribution in [-0.2, 0) is 11.3 Å². The van der Waals surface area contributed by atoms with Gasteiger partial charge in [-0.05, 0) is 55.8 Å². The van der Waals surface area contributed by atoms with Crippen LogP contribution in [0, 0.1) is 20.8 Å². The minimum atomic E-state index is -0.152. The lowest BCUT2D eigenvalue weighted by Gasteiger charge is -2.13. The summed E-state index contributed by atoms with van der Waals surface area (Å²) in [6, 6.07) is 11.3. The fourth-order valence-corrected chi connectivity index (χ4v) is 3.82. The van der Waals surface area contributed by atoms with Gasteiger partial charge in [0.1, 0.15) is 5.69 Å². The zero-order valence-corrected chi connectivity index (χ0v) is 16.6. The molecule has 0 aliphatic heterocycles. The molecular weight excluding hydrogens is 358 g/mol. The summed E-state index contributed by atoms with van der Waals surface area (Å²) >= 11 is 1.58. The van der Waals surface area contributed by atoms with E-state index in [9.17, 15) is 9.59 Å². The summed E-state index contributed by atoms with van der Waals surface area (Å²) in [7, 11) is 0. The lowest BCUT2D eigenvalue weighted by molar-refractivity contribution is -0.116. The van der Waals surface area contributed by atoms with Crippen LogP contribution in [0.3, 0.4) is 0 Å². The fraction of sp³-hybridized carbons (Fsp3) is 0.286. The molecule has 6 heteroatoms. The number of aryl methyl sites for hydroxylation is 4. The van der Waals surface area contributed by atoms with Crippen molar-refractivity contribution in [1.82, 2.24) is 9.78 Å². The molecule has 1 N–H and O–H groups in total. The molecule has 0 spiro atoms. The average molecular weight is 382 g/mol. The molecule has 1 aromatic carbocycles. The molecule has 3 rings (SSSR count). The van der Waals surface area contributed by atoms with E-state index in [1.807, 2.05) is 38.3 Å². The van der Waals surface area contributed by atoms with Gasteiger partial charge in [-0.2, -0.15) is 5.10 Å². The molecule has 0 radical (unpaired) electrons. The number of thiophene rings is 1. The largest absolute Gasteiger partial charge is 0.326 e. The molecule has 0 fully saturated rings. The zero-order valence-electron chi connectivity index (χ0n) is 15.8. The standard InChI is InChI=1S/C21H23N3O2S/c1-14-12-15(2)21(16(3)13-14)22-19(25)7-4-10-24-20(26)9-8-17(23-24)18-6-5-11-27-18/h5-6,8-9,11-13H,4,7,10H2,1-3H3,(H,22,25). The van der Waals surface area contributed by atoms with E-state index >= 15 is 0 Å². The third-order valence-electron chi connectivity index (χ3n) is 4.36. The highest BCUT2D eigenvalue weighted by Crippen LogP contribution is 2.22. The Bertz CT molecular complexity index is 984. The van der Waals surface area contributed by atoms with Crippen molar-refractivity contribution in [3.63, 3.8) is 0 Å². The van der Waals surface area contributed by atoms with Gasteiger partial charge in [0.25, 0.3) is 5.56 Å². The van der Waals surface area contributed by atoms with E-state index in [1.165, 1.54) is 16.3 Å². The summed E-state index contributed by atoms with van der Waals surface area (Å²) < 4.78 is 1.44. The lowest BCUT2D eigenvalue weighted by Crippen LogP contribution is -2.23. The first kappa shape index (κ1) is 19.0. The Morgan fingerprint density at radius 2 is 1.89 bits per heavy atom. The molecule has 0 bridgehead atoms. The molecule has 140 valence electrons. The predicted octanol–water partition coefficient (Wildman–Crippen LogP) is 4.32. The quantitative estimate of drug-likeness (QED) is 0.692. The van der Waals surface area contributed by atoms with Crippen molar-refractivity contribution < 1.29 is 4.79 Å². The molecule has 0 saturated heterocycles. The van der Waals surface area contributed by atoms with Crippen molar-refractivity contribution in [1.29, 1.82) is 0 Å². The summed E-state index contributed by atoms with van der Waals surface area (Å²) in [4.78, 5) is 25.4. The van der Waals surface area contributed by atoms with Gasteiger partial charge in [0.2, 0.25) is 5.91 Å². The van der Waals surface area contributed by atoms with Crippen LogP contribution in [-0.4, -0.2) is 15.7 Å². The van der Waals surface area contributed by atoms with Gasteiger partial charge < -0.3 is 5.32 Å². The van der Waals surface area contributed by atoms with E-state index in [-0.39, 0.29) is 11.5 Å². The topological polar surface area (TPSA) is 64.0 Å². The summed E-state index contributed by atoms with van der Waals surface area (Å²) in [5.74, 6) is -0.0486. The van der Waals surface area contributed by atoms with Crippen LogP contribution < -0.4 is 10.9 Å². The number of carbonyl (C=O) groups excluding carboxylic acids is 1. The van der Waals surface area contributed by atoms with Crippen LogP contribution in [0.15, 0.2) is 46.6 Å². The maximum Gasteiger partial charge on any atom is 0.266 e. The van der Waals surface area contributed by atoms with Gasteiger partial charge in [-0.15, -0.1) is 11.3 Å². The molecule has 1 amide bonds. The summed E-state index contributed by atoms with van der Waals surface area (Å²) in [5.41, 5.74) is 4.80. The predicted molar refractivity (Wildman–Crippen MR) is 110 cm³/mol.